The Bertz CT molecular complexity index is 883. The van der Waals surface area contributed by atoms with Crippen molar-refractivity contribution in [1.29, 1.82) is 0 Å². The summed E-state index contributed by atoms with van der Waals surface area (Å²) in [4.78, 5) is 2.72. The third kappa shape index (κ3) is 4.88. The van der Waals surface area contributed by atoms with Crippen molar-refractivity contribution in [3.05, 3.63) is 76.4 Å². The normalized spacial score (nSPS) is 19.7. The molecule has 1 saturated carbocycles. The topological polar surface area (TPSA) is 3.24 Å². The lowest BCUT2D eigenvalue weighted by Crippen LogP contribution is -2.32. The van der Waals surface area contributed by atoms with Crippen molar-refractivity contribution in [2.75, 3.05) is 19.6 Å². The van der Waals surface area contributed by atoms with E-state index < -0.39 is 0 Å². The van der Waals surface area contributed by atoms with Crippen LogP contribution in [0.3, 0.4) is 0 Å². The van der Waals surface area contributed by atoms with Gasteiger partial charge in [0.1, 0.15) is 0 Å². The lowest BCUT2D eigenvalue weighted by molar-refractivity contribution is 0.244. The van der Waals surface area contributed by atoms with Gasteiger partial charge in [-0.25, -0.2) is 0 Å². The fourth-order valence-electron chi connectivity index (χ4n) is 5.99. The highest BCUT2D eigenvalue weighted by atomic mass is 15.1. The summed E-state index contributed by atoms with van der Waals surface area (Å²) in [7, 11) is 0. The zero-order chi connectivity index (χ0) is 20.9. The molecule has 2 aromatic carbocycles. The van der Waals surface area contributed by atoms with E-state index >= 15 is 0 Å². The zero-order valence-corrected chi connectivity index (χ0v) is 19.0. The number of hydrogen-bond donors (Lipinski definition) is 0. The second-order valence-electron chi connectivity index (χ2n) is 9.83. The molecule has 2 aliphatic carbocycles. The van der Waals surface area contributed by atoms with E-state index in [0.29, 0.717) is 0 Å². The first kappa shape index (κ1) is 20.8. The van der Waals surface area contributed by atoms with Gasteiger partial charge in [0.25, 0.3) is 0 Å². The summed E-state index contributed by atoms with van der Waals surface area (Å²) < 4.78 is 0. The van der Waals surface area contributed by atoms with Crippen molar-refractivity contribution < 1.29 is 0 Å². The van der Waals surface area contributed by atoms with E-state index in [2.05, 4.69) is 65.6 Å². The number of nitrogens with zero attached hydrogens (tertiary/aromatic N) is 1. The number of rotatable bonds is 5. The summed E-state index contributed by atoms with van der Waals surface area (Å²) in [5.74, 6) is 1.04. The van der Waals surface area contributed by atoms with Crippen LogP contribution in [-0.4, -0.2) is 24.5 Å². The minimum atomic E-state index is 1.04. The Morgan fingerprint density at radius 2 is 1.32 bits per heavy atom. The monoisotopic (exact) mass is 411 g/mol. The van der Waals surface area contributed by atoms with Gasteiger partial charge in [-0.15, -0.1) is 0 Å². The van der Waals surface area contributed by atoms with E-state index in [1.54, 1.807) is 5.57 Å². The fraction of sp³-hybridized carbons (Fsp3) is 0.467. The van der Waals surface area contributed by atoms with E-state index in [9.17, 15) is 0 Å². The highest BCUT2D eigenvalue weighted by Crippen LogP contribution is 2.38. The van der Waals surface area contributed by atoms with Crippen LogP contribution in [0.5, 0.6) is 0 Å². The average molecular weight is 412 g/mol. The van der Waals surface area contributed by atoms with Gasteiger partial charge in [-0.2, -0.15) is 0 Å². The fourth-order valence-corrected chi connectivity index (χ4v) is 5.99. The Labute approximate surface area is 188 Å². The van der Waals surface area contributed by atoms with Crippen LogP contribution in [0.25, 0.3) is 17.7 Å². The van der Waals surface area contributed by atoms with Gasteiger partial charge in [-0.3, -0.25) is 0 Å². The van der Waals surface area contributed by atoms with Crippen LogP contribution in [0.15, 0.2) is 54.1 Å². The quantitative estimate of drug-likeness (QED) is 0.387. The summed E-state index contributed by atoms with van der Waals surface area (Å²) in [6.07, 6.45) is 18.7. The molecule has 2 aromatic rings. The maximum Gasteiger partial charge on any atom is 0.00190 e. The van der Waals surface area contributed by atoms with Gasteiger partial charge < -0.3 is 4.90 Å². The number of hydrogen-bond acceptors (Lipinski definition) is 1. The highest BCUT2D eigenvalue weighted by molar-refractivity contribution is 5.94. The second kappa shape index (κ2) is 10.0. The molecule has 1 saturated heterocycles. The molecule has 2 fully saturated rings. The van der Waals surface area contributed by atoms with Crippen LogP contribution in [0.4, 0.5) is 0 Å². The molecule has 162 valence electrons. The third-order valence-electron chi connectivity index (χ3n) is 7.78. The Balaban J connectivity index is 1.25. The van der Waals surface area contributed by atoms with E-state index in [1.807, 2.05) is 0 Å². The molecular weight excluding hydrogens is 374 g/mol. The van der Waals surface area contributed by atoms with Crippen molar-refractivity contribution in [1.82, 2.24) is 4.90 Å². The van der Waals surface area contributed by atoms with Crippen LogP contribution in [0.2, 0.25) is 0 Å². The molecule has 31 heavy (non-hydrogen) atoms. The third-order valence-corrected chi connectivity index (χ3v) is 7.78. The summed E-state index contributed by atoms with van der Waals surface area (Å²) in [6, 6.07) is 17.9. The molecule has 0 bridgehead atoms. The number of likely N-dealkylation sites (tertiary alicyclic amines) is 1. The lowest BCUT2D eigenvalue weighted by Gasteiger charge is -2.31. The number of unbranched alkanes of at least 4 members (excludes halogenated alkanes) is 1. The minimum absolute atomic E-state index is 1.04. The number of benzene rings is 2. The first-order chi connectivity index (χ1) is 15.4. The van der Waals surface area contributed by atoms with Gasteiger partial charge in [0.2, 0.25) is 0 Å². The van der Waals surface area contributed by atoms with Crippen molar-refractivity contribution in [2.24, 2.45) is 5.92 Å². The SMILES string of the molecule is C1=Cc2ccccc2C(=C2CCN(CCCCC3CCCCC3)CC2)c2ccccc21. The van der Waals surface area contributed by atoms with Gasteiger partial charge in [-0.05, 0) is 59.6 Å². The molecule has 0 radical (unpaired) electrons. The first-order valence-corrected chi connectivity index (χ1v) is 12.7. The summed E-state index contributed by atoms with van der Waals surface area (Å²) in [6.45, 7) is 3.74. The van der Waals surface area contributed by atoms with E-state index in [1.165, 1.54) is 112 Å². The summed E-state index contributed by atoms with van der Waals surface area (Å²) in [5.41, 5.74) is 8.70. The Morgan fingerprint density at radius 1 is 0.710 bits per heavy atom. The van der Waals surface area contributed by atoms with Crippen LogP contribution in [0.1, 0.15) is 86.5 Å². The molecule has 1 nitrogen and oxygen atoms in total. The smallest absolute Gasteiger partial charge is 0.00190 e. The zero-order valence-electron chi connectivity index (χ0n) is 19.0. The first-order valence-electron chi connectivity index (χ1n) is 12.7. The molecule has 0 unspecified atom stereocenters. The predicted octanol–water partition coefficient (Wildman–Crippen LogP) is 7.82. The molecule has 5 rings (SSSR count). The number of piperidine rings is 1. The minimum Gasteiger partial charge on any atom is -0.303 e. The van der Waals surface area contributed by atoms with Gasteiger partial charge in [0.15, 0.2) is 0 Å². The average Bonchev–Trinajstić information content (AvgIpc) is 3.00. The van der Waals surface area contributed by atoms with E-state index in [0.717, 1.165) is 5.92 Å². The molecule has 3 aliphatic rings. The molecule has 1 aliphatic heterocycles. The maximum absolute atomic E-state index is 2.72. The van der Waals surface area contributed by atoms with E-state index in [-0.39, 0.29) is 0 Å². The molecule has 0 amide bonds. The largest absolute Gasteiger partial charge is 0.303 e. The van der Waals surface area contributed by atoms with Crippen molar-refractivity contribution in [3.8, 4) is 0 Å². The van der Waals surface area contributed by atoms with Crippen molar-refractivity contribution >= 4 is 17.7 Å². The second-order valence-corrected chi connectivity index (χ2v) is 9.83. The Kier molecular flexibility index (Phi) is 6.70. The van der Waals surface area contributed by atoms with Crippen LogP contribution in [-0.2, 0) is 0 Å². The van der Waals surface area contributed by atoms with Crippen LogP contribution in [0, 0.1) is 5.92 Å². The summed E-state index contributed by atoms with van der Waals surface area (Å²) >= 11 is 0. The van der Waals surface area contributed by atoms with Crippen molar-refractivity contribution in [2.45, 2.75) is 64.2 Å². The molecule has 0 atom stereocenters. The maximum atomic E-state index is 2.72. The highest BCUT2D eigenvalue weighted by Gasteiger charge is 2.22. The van der Waals surface area contributed by atoms with Gasteiger partial charge in [0.05, 0.1) is 0 Å². The van der Waals surface area contributed by atoms with Crippen molar-refractivity contribution in [3.63, 3.8) is 0 Å². The molecule has 1 heteroatoms. The van der Waals surface area contributed by atoms with E-state index in [4.69, 9.17) is 0 Å². The van der Waals surface area contributed by atoms with Crippen LogP contribution >= 0.6 is 0 Å². The molecular formula is C30H37N. The van der Waals surface area contributed by atoms with Crippen LogP contribution < -0.4 is 0 Å². The molecule has 0 spiro atoms. The summed E-state index contributed by atoms with van der Waals surface area (Å²) in [5, 5.41) is 0. The van der Waals surface area contributed by atoms with Gasteiger partial charge in [0, 0.05) is 13.1 Å². The standard InChI is InChI=1S/C30H37N/c1-2-10-24(11-3-1)12-8-9-21-31-22-19-27(20-23-31)30-28-15-6-4-13-25(28)17-18-26-14-5-7-16-29(26)30/h4-7,13-18,24H,1-3,8-12,19-23H2. The molecule has 0 aromatic heterocycles. The number of fused-ring (bicyclic) bond motifs is 2. The predicted molar refractivity (Wildman–Crippen MR) is 134 cm³/mol. The lowest BCUT2D eigenvalue weighted by atomic mass is 9.85. The Hall–Kier alpha value is -2.12. The Morgan fingerprint density at radius 3 is 1.97 bits per heavy atom. The molecule has 1 heterocycles. The van der Waals surface area contributed by atoms with Gasteiger partial charge in [-0.1, -0.05) is 111 Å². The van der Waals surface area contributed by atoms with Gasteiger partial charge >= 0.3 is 0 Å². The molecule has 0 N–H and O–H groups in total.